The quantitative estimate of drug-likeness (QED) is 0.553. The van der Waals surface area contributed by atoms with Crippen LogP contribution < -0.4 is 10.6 Å². The van der Waals surface area contributed by atoms with Crippen LogP contribution in [0, 0.1) is 5.92 Å². The Labute approximate surface area is 197 Å². The van der Waals surface area contributed by atoms with E-state index in [0.717, 1.165) is 35.1 Å². The molecule has 5 rings (SSSR count). The highest BCUT2D eigenvalue weighted by atomic mass is 16.6. The van der Waals surface area contributed by atoms with Crippen LogP contribution in [-0.2, 0) is 19.1 Å². The molecule has 0 radical (unpaired) electrons. The van der Waals surface area contributed by atoms with Gasteiger partial charge >= 0.3 is 12.1 Å². The third-order valence-electron chi connectivity index (χ3n) is 7.01. The van der Waals surface area contributed by atoms with Crippen LogP contribution in [0.4, 0.5) is 4.79 Å². The van der Waals surface area contributed by atoms with Gasteiger partial charge in [0.15, 0.2) is 0 Å². The zero-order chi connectivity index (χ0) is 23.7. The van der Waals surface area contributed by atoms with Crippen molar-refractivity contribution in [2.24, 2.45) is 5.92 Å². The van der Waals surface area contributed by atoms with Gasteiger partial charge < -0.3 is 25.2 Å². The number of aliphatic carboxylic acids is 1. The first-order chi connectivity index (χ1) is 16.5. The van der Waals surface area contributed by atoms with Gasteiger partial charge in [0.05, 0.1) is 6.61 Å². The molecular weight excluding hydrogens is 436 g/mol. The van der Waals surface area contributed by atoms with Crippen molar-refractivity contribution in [2.45, 2.75) is 43.2 Å². The third kappa shape index (κ3) is 4.37. The van der Waals surface area contributed by atoms with Crippen molar-refractivity contribution >= 4 is 18.0 Å². The number of carboxylic acids is 1. The van der Waals surface area contributed by atoms with Gasteiger partial charge in [0.1, 0.15) is 18.2 Å². The molecule has 2 aromatic rings. The molecule has 0 bridgehead atoms. The molecule has 0 spiro atoms. The average molecular weight is 465 g/mol. The van der Waals surface area contributed by atoms with E-state index in [-0.39, 0.29) is 32.2 Å². The third-order valence-corrected chi connectivity index (χ3v) is 7.01. The highest BCUT2D eigenvalue weighted by Gasteiger charge is 2.46. The lowest BCUT2D eigenvalue weighted by molar-refractivity contribution is -0.143. The first kappa shape index (κ1) is 22.4. The summed E-state index contributed by atoms with van der Waals surface area (Å²) in [6.07, 6.45) is 1.87. The van der Waals surface area contributed by atoms with Crippen molar-refractivity contribution < 1.29 is 29.0 Å². The summed E-state index contributed by atoms with van der Waals surface area (Å²) in [6, 6.07) is 15.1. The zero-order valence-electron chi connectivity index (χ0n) is 18.8. The van der Waals surface area contributed by atoms with Gasteiger partial charge in [-0.1, -0.05) is 61.4 Å². The van der Waals surface area contributed by atoms with Crippen LogP contribution in [0.5, 0.6) is 0 Å². The SMILES string of the molecule is O=C(NC1(C(=O)NC(CC2CC2)C(=O)O)CCOC1)OCC1c2ccccc2-c2ccccc21. The standard InChI is InChI=1S/C26H28N2O6/c29-23(30)22(13-16-9-10-16)27-24(31)26(11-12-33-15-26)28-25(32)34-14-21-19-7-3-1-5-17(19)18-6-2-4-8-20(18)21/h1-8,16,21-22H,9-15H2,(H,27,31)(H,28,32)(H,29,30). The van der Waals surface area contributed by atoms with Gasteiger partial charge in [-0.2, -0.15) is 0 Å². The number of hydrogen-bond acceptors (Lipinski definition) is 5. The molecule has 1 saturated carbocycles. The molecule has 2 aromatic carbocycles. The van der Waals surface area contributed by atoms with Gasteiger partial charge in [0.2, 0.25) is 5.91 Å². The first-order valence-electron chi connectivity index (χ1n) is 11.7. The number of carboxylic acid groups (broad SMARTS) is 1. The lowest BCUT2D eigenvalue weighted by Crippen LogP contribution is -2.62. The Balaban J connectivity index is 1.25. The van der Waals surface area contributed by atoms with Crippen LogP contribution in [0.3, 0.4) is 0 Å². The number of amides is 2. The van der Waals surface area contributed by atoms with Gasteiger partial charge in [0.25, 0.3) is 0 Å². The molecule has 2 fully saturated rings. The van der Waals surface area contributed by atoms with Gasteiger partial charge in [-0.15, -0.1) is 0 Å². The van der Waals surface area contributed by atoms with Crippen molar-refractivity contribution in [2.75, 3.05) is 19.8 Å². The Hall–Kier alpha value is -3.39. The molecule has 1 aliphatic heterocycles. The maximum atomic E-state index is 13.1. The lowest BCUT2D eigenvalue weighted by Gasteiger charge is -2.29. The molecule has 0 aromatic heterocycles. The number of nitrogens with one attached hydrogen (secondary N) is 2. The smallest absolute Gasteiger partial charge is 0.408 e. The molecule has 3 N–H and O–H groups in total. The van der Waals surface area contributed by atoms with Crippen LogP contribution >= 0.6 is 0 Å². The van der Waals surface area contributed by atoms with Crippen LogP contribution in [0.25, 0.3) is 11.1 Å². The molecule has 3 aliphatic rings. The number of alkyl carbamates (subject to hydrolysis) is 1. The summed E-state index contributed by atoms with van der Waals surface area (Å²) in [7, 11) is 0. The Morgan fingerprint density at radius 2 is 1.71 bits per heavy atom. The molecule has 2 atom stereocenters. The van der Waals surface area contributed by atoms with Crippen molar-refractivity contribution in [1.82, 2.24) is 10.6 Å². The monoisotopic (exact) mass is 464 g/mol. The van der Waals surface area contributed by atoms with Gasteiger partial charge in [-0.25, -0.2) is 9.59 Å². The van der Waals surface area contributed by atoms with E-state index >= 15 is 0 Å². The van der Waals surface area contributed by atoms with Gasteiger partial charge in [-0.3, -0.25) is 4.79 Å². The summed E-state index contributed by atoms with van der Waals surface area (Å²) in [4.78, 5) is 37.5. The highest BCUT2D eigenvalue weighted by Crippen LogP contribution is 2.44. The van der Waals surface area contributed by atoms with Gasteiger partial charge in [-0.05, 0) is 34.6 Å². The molecule has 8 nitrogen and oxygen atoms in total. The summed E-state index contributed by atoms with van der Waals surface area (Å²) < 4.78 is 11.0. The largest absolute Gasteiger partial charge is 0.480 e. The number of ether oxygens (including phenoxy) is 2. The molecule has 178 valence electrons. The Morgan fingerprint density at radius 3 is 2.26 bits per heavy atom. The number of fused-ring (bicyclic) bond motifs is 3. The minimum absolute atomic E-state index is 0.0290. The van der Waals surface area contributed by atoms with Crippen LogP contribution in [0.1, 0.15) is 42.7 Å². The minimum Gasteiger partial charge on any atom is -0.480 e. The van der Waals surface area contributed by atoms with E-state index in [1.807, 2.05) is 36.4 Å². The molecule has 2 aliphatic carbocycles. The van der Waals surface area contributed by atoms with E-state index in [1.165, 1.54) is 0 Å². The van der Waals surface area contributed by atoms with Crippen LogP contribution in [-0.4, -0.2) is 54.5 Å². The summed E-state index contributed by atoms with van der Waals surface area (Å²) in [6.45, 7) is 0.383. The molecule has 34 heavy (non-hydrogen) atoms. The van der Waals surface area contributed by atoms with Crippen LogP contribution in [0.2, 0.25) is 0 Å². The fourth-order valence-electron chi connectivity index (χ4n) is 4.93. The summed E-state index contributed by atoms with van der Waals surface area (Å²) >= 11 is 0. The average Bonchev–Trinajstić information content (AvgIpc) is 3.43. The van der Waals surface area contributed by atoms with E-state index in [4.69, 9.17) is 9.47 Å². The van der Waals surface area contributed by atoms with Gasteiger partial charge in [0, 0.05) is 18.9 Å². The summed E-state index contributed by atoms with van der Waals surface area (Å²) in [5.74, 6) is -1.40. The van der Waals surface area contributed by atoms with Crippen molar-refractivity contribution in [3.63, 3.8) is 0 Å². The predicted molar refractivity (Wildman–Crippen MR) is 123 cm³/mol. The number of benzene rings is 2. The van der Waals surface area contributed by atoms with Crippen molar-refractivity contribution in [1.29, 1.82) is 0 Å². The highest BCUT2D eigenvalue weighted by molar-refractivity contribution is 5.93. The molecule has 2 unspecified atom stereocenters. The number of carbonyl (C=O) groups is 3. The maximum Gasteiger partial charge on any atom is 0.408 e. The minimum atomic E-state index is -1.35. The number of carbonyl (C=O) groups excluding carboxylic acids is 2. The van der Waals surface area contributed by atoms with E-state index in [9.17, 15) is 19.5 Å². The maximum absolute atomic E-state index is 13.1. The fraction of sp³-hybridized carbons (Fsp3) is 0.423. The fourth-order valence-corrected chi connectivity index (χ4v) is 4.93. The second-order valence-corrected chi connectivity index (χ2v) is 9.38. The second kappa shape index (κ2) is 9.10. The second-order valence-electron chi connectivity index (χ2n) is 9.38. The molecule has 1 heterocycles. The molecule has 8 heteroatoms. The lowest BCUT2D eigenvalue weighted by atomic mass is 9.96. The van der Waals surface area contributed by atoms with E-state index < -0.39 is 29.6 Å². The predicted octanol–water partition coefficient (Wildman–Crippen LogP) is 3.05. The summed E-state index contributed by atoms with van der Waals surface area (Å²) in [5.41, 5.74) is 3.10. The Bertz CT molecular complexity index is 1060. The first-order valence-corrected chi connectivity index (χ1v) is 11.7. The zero-order valence-corrected chi connectivity index (χ0v) is 18.8. The molecule has 1 saturated heterocycles. The topological polar surface area (TPSA) is 114 Å². The van der Waals surface area contributed by atoms with Crippen LogP contribution in [0.15, 0.2) is 48.5 Å². The normalized spacial score (nSPS) is 21.9. The van der Waals surface area contributed by atoms with Crippen molar-refractivity contribution in [3.05, 3.63) is 59.7 Å². The van der Waals surface area contributed by atoms with Crippen molar-refractivity contribution in [3.8, 4) is 11.1 Å². The Morgan fingerprint density at radius 1 is 1.06 bits per heavy atom. The van der Waals surface area contributed by atoms with E-state index in [0.29, 0.717) is 12.3 Å². The summed E-state index contributed by atoms with van der Waals surface area (Å²) in [5, 5.41) is 14.8. The Kier molecular flexibility index (Phi) is 6.00. The number of rotatable bonds is 8. The molecule has 2 amide bonds. The van der Waals surface area contributed by atoms with E-state index in [2.05, 4.69) is 22.8 Å². The van der Waals surface area contributed by atoms with E-state index in [1.54, 1.807) is 0 Å². The number of hydrogen-bond donors (Lipinski definition) is 3. The molecular formula is C26H28N2O6.